The summed E-state index contributed by atoms with van der Waals surface area (Å²) >= 11 is 5.16. The molecule has 0 saturated heterocycles. The lowest BCUT2D eigenvalue weighted by atomic mass is 10.1. The molecule has 16 heavy (non-hydrogen) atoms. The van der Waals surface area contributed by atoms with Crippen molar-refractivity contribution in [1.29, 1.82) is 0 Å². The first-order valence-electron chi connectivity index (χ1n) is 6.09. The summed E-state index contributed by atoms with van der Waals surface area (Å²) in [4.78, 5) is 5.74. The molecular weight excluding hydrogens is 218 g/mol. The Kier molecular flexibility index (Phi) is 6.16. The van der Waals surface area contributed by atoms with E-state index in [1.807, 2.05) is 24.4 Å². The summed E-state index contributed by atoms with van der Waals surface area (Å²) in [6.07, 6.45) is 8.31. The molecule has 0 fully saturated rings. The van der Waals surface area contributed by atoms with E-state index in [9.17, 15) is 0 Å². The number of pyridine rings is 1. The van der Waals surface area contributed by atoms with E-state index in [0.717, 1.165) is 11.1 Å². The number of rotatable bonds is 7. The average molecular weight is 239 g/mol. The van der Waals surface area contributed by atoms with Gasteiger partial charge in [-0.05, 0) is 31.9 Å². The van der Waals surface area contributed by atoms with Crippen molar-refractivity contribution in [3.8, 4) is 0 Å². The maximum Gasteiger partial charge on any atom is 0.142 e. The fraction of sp³-hybridized carbons (Fsp3) is 0.615. The van der Waals surface area contributed by atoms with Crippen LogP contribution >= 0.6 is 12.2 Å². The summed E-state index contributed by atoms with van der Waals surface area (Å²) in [7, 11) is 0. The number of nitrogens with zero attached hydrogens (tertiary/aromatic N) is 1. The van der Waals surface area contributed by atoms with Crippen molar-refractivity contribution in [1.82, 2.24) is 4.73 Å². The van der Waals surface area contributed by atoms with E-state index in [1.165, 1.54) is 25.7 Å². The van der Waals surface area contributed by atoms with Gasteiger partial charge in [-0.15, -0.1) is 0 Å². The number of aromatic nitrogens is 1. The maximum absolute atomic E-state index is 5.74. The van der Waals surface area contributed by atoms with Crippen molar-refractivity contribution in [2.75, 3.05) is 0 Å². The van der Waals surface area contributed by atoms with Gasteiger partial charge in [-0.25, -0.2) is 0 Å². The van der Waals surface area contributed by atoms with Crippen molar-refractivity contribution in [3.63, 3.8) is 0 Å². The smallest absolute Gasteiger partial charge is 0.142 e. The van der Waals surface area contributed by atoms with E-state index in [4.69, 9.17) is 17.1 Å². The minimum Gasteiger partial charge on any atom is -0.410 e. The van der Waals surface area contributed by atoms with Crippen molar-refractivity contribution < 1.29 is 4.84 Å². The fourth-order valence-electron chi connectivity index (χ4n) is 1.60. The van der Waals surface area contributed by atoms with Gasteiger partial charge in [0.15, 0.2) is 0 Å². The van der Waals surface area contributed by atoms with Gasteiger partial charge < -0.3 is 4.84 Å². The van der Waals surface area contributed by atoms with Crippen molar-refractivity contribution >= 4 is 12.2 Å². The molecule has 2 nitrogen and oxygen atoms in total. The zero-order valence-corrected chi connectivity index (χ0v) is 11.0. The molecule has 0 aliphatic carbocycles. The zero-order valence-electron chi connectivity index (χ0n) is 10.2. The summed E-state index contributed by atoms with van der Waals surface area (Å²) in [6.45, 7) is 4.32. The molecule has 0 spiro atoms. The van der Waals surface area contributed by atoms with E-state index < -0.39 is 0 Å². The Hall–Kier alpha value is -0.830. The lowest BCUT2D eigenvalue weighted by Gasteiger charge is -2.16. The van der Waals surface area contributed by atoms with Crippen LogP contribution in [-0.2, 0) is 0 Å². The first-order valence-corrected chi connectivity index (χ1v) is 6.49. The lowest BCUT2D eigenvalue weighted by molar-refractivity contribution is 0.0384. The van der Waals surface area contributed by atoms with Crippen LogP contribution in [0.1, 0.15) is 46.0 Å². The number of unbranched alkanes of at least 4 members (excludes halogenated alkanes) is 3. The van der Waals surface area contributed by atoms with E-state index in [2.05, 4.69) is 13.8 Å². The first-order chi connectivity index (χ1) is 7.74. The topological polar surface area (TPSA) is 14.2 Å². The van der Waals surface area contributed by atoms with Gasteiger partial charge in [-0.2, -0.15) is 4.73 Å². The molecule has 0 aromatic carbocycles. The van der Waals surface area contributed by atoms with Gasteiger partial charge in [0.1, 0.15) is 10.7 Å². The van der Waals surface area contributed by atoms with Gasteiger partial charge in [0.2, 0.25) is 0 Å². The van der Waals surface area contributed by atoms with Crippen molar-refractivity contribution in [2.24, 2.45) is 0 Å². The molecular formula is C13H21NOS. The molecule has 0 saturated carbocycles. The molecule has 1 atom stereocenters. The quantitative estimate of drug-likeness (QED) is 0.527. The van der Waals surface area contributed by atoms with Gasteiger partial charge in [0, 0.05) is 6.20 Å². The molecule has 1 aromatic heterocycles. The van der Waals surface area contributed by atoms with Crippen molar-refractivity contribution in [2.45, 2.75) is 52.1 Å². The Morgan fingerprint density at radius 2 is 2.12 bits per heavy atom. The van der Waals surface area contributed by atoms with Crippen LogP contribution in [0.15, 0.2) is 24.4 Å². The highest BCUT2D eigenvalue weighted by Crippen LogP contribution is 2.06. The molecule has 90 valence electrons. The molecule has 0 aliphatic rings. The van der Waals surface area contributed by atoms with Crippen LogP contribution < -0.4 is 4.84 Å². The Labute approximate surface area is 103 Å². The summed E-state index contributed by atoms with van der Waals surface area (Å²) in [5.74, 6) is 0. The predicted molar refractivity (Wildman–Crippen MR) is 70.1 cm³/mol. The van der Waals surface area contributed by atoms with Crippen molar-refractivity contribution in [3.05, 3.63) is 29.0 Å². The van der Waals surface area contributed by atoms with Gasteiger partial charge in [-0.1, -0.05) is 44.5 Å². The highest BCUT2D eigenvalue weighted by molar-refractivity contribution is 7.71. The SMILES string of the molecule is CCCCCC[C@H](C)On1ccccc1=S. The Morgan fingerprint density at radius 3 is 2.81 bits per heavy atom. The lowest BCUT2D eigenvalue weighted by Crippen LogP contribution is -2.22. The summed E-state index contributed by atoms with van der Waals surface area (Å²) in [5.41, 5.74) is 0. The average Bonchev–Trinajstić information content (AvgIpc) is 2.28. The van der Waals surface area contributed by atoms with Crippen LogP contribution in [-0.4, -0.2) is 10.8 Å². The monoisotopic (exact) mass is 239 g/mol. The van der Waals surface area contributed by atoms with Crippen LogP contribution in [0.4, 0.5) is 0 Å². The summed E-state index contributed by atoms with van der Waals surface area (Å²) < 4.78 is 2.41. The van der Waals surface area contributed by atoms with Gasteiger partial charge >= 0.3 is 0 Å². The highest BCUT2D eigenvalue weighted by atomic mass is 32.1. The second-order valence-corrected chi connectivity index (χ2v) is 4.55. The van der Waals surface area contributed by atoms with Crippen LogP contribution in [0.3, 0.4) is 0 Å². The molecule has 1 heterocycles. The van der Waals surface area contributed by atoms with Crippen LogP contribution in [0.5, 0.6) is 0 Å². The van der Waals surface area contributed by atoms with Crippen LogP contribution in [0.25, 0.3) is 0 Å². The highest BCUT2D eigenvalue weighted by Gasteiger charge is 2.03. The molecule has 0 radical (unpaired) electrons. The largest absolute Gasteiger partial charge is 0.410 e. The van der Waals surface area contributed by atoms with Crippen LogP contribution in [0.2, 0.25) is 0 Å². The Morgan fingerprint density at radius 1 is 1.31 bits per heavy atom. The van der Waals surface area contributed by atoms with Crippen LogP contribution in [0, 0.1) is 4.64 Å². The number of hydrogen-bond acceptors (Lipinski definition) is 2. The third-order valence-electron chi connectivity index (χ3n) is 2.55. The molecule has 0 N–H and O–H groups in total. The summed E-state index contributed by atoms with van der Waals surface area (Å²) in [6, 6.07) is 5.73. The third-order valence-corrected chi connectivity index (χ3v) is 2.86. The predicted octanol–water partition coefficient (Wildman–Crippen LogP) is 4.01. The Bertz CT molecular complexity index is 348. The Balaban J connectivity index is 2.31. The zero-order chi connectivity index (χ0) is 11.8. The molecule has 0 unspecified atom stereocenters. The fourth-order valence-corrected chi connectivity index (χ4v) is 1.79. The molecule has 0 aliphatic heterocycles. The minimum absolute atomic E-state index is 0.228. The van der Waals surface area contributed by atoms with Gasteiger partial charge in [-0.3, -0.25) is 0 Å². The summed E-state index contributed by atoms with van der Waals surface area (Å²) in [5, 5.41) is 0. The van der Waals surface area contributed by atoms with Gasteiger partial charge in [0.05, 0.1) is 0 Å². The van der Waals surface area contributed by atoms with Gasteiger partial charge in [0.25, 0.3) is 0 Å². The van der Waals surface area contributed by atoms with E-state index in [1.54, 1.807) is 4.73 Å². The normalized spacial score (nSPS) is 12.4. The van der Waals surface area contributed by atoms with E-state index >= 15 is 0 Å². The molecule has 3 heteroatoms. The minimum atomic E-state index is 0.228. The van der Waals surface area contributed by atoms with E-state index in [0.29, 0.717) is 0 Å². The van der Waals surface area contributed by atoms with E-state index in [-0.39, 0.29) is 6.10 Å². The maximum atomic E-state index is 5.74. The molecule has 0 amide bonds. The third kappa shape index (κ3) is 4.79. The number of hydrogen-bond donors (Lipinski definition) is 0. The second-order valence-electron chi connectivity index (χ2n) is 4.13. The standard InChI is InChI=1S/C13H21NOS/c1-3-4-5-6-9-12(2)15-14-11-8-7-10-13(14)16/h7-8,10-12H,3-6,9H2,1-2H3/t12-/m0/s1. The second kappa shape index (κ2) is 7.44. The molecule has 1 aromatic rings. The first kappa shape index (κ1) is 13.2. The molecule has 0 bridgehead atoms. The molecule has 1 rings (SSSR count).